The van der Waals surface area contributed by atoms with E-state index in [0.717, 1.165) is 54.3 Å². The molecule has 4 rings (SSSR count). The zero-order chi connectivity index (χ0) is 20.1. The first kappa shape index (κ1) is 19.8. The van der Waals surface area contributed by atoms with Crippen LogP contribution in [0.25, 0.3) is 0 Å². The molecule has 0 radical (unpaired) electrons. The maximum Gasteiger partial charge on any atom is 0.254 e. The highest BCUT2D eigenvalue weighted by Gasteiger charge is 2.25. The fourth-order valence-electron chi connectivity index (χ4n) is 3.86. The van der Waals surface area contributed by atoms with E-state index in [-0.39, 0.29) is 5.91 Å². The highest BCUT2D eigenvalue weighted by Crippen LogP contribution is 2.29. The summed E-state index contributed by atoms with van der Waals surface area (Å²) in [4.78, 5) is 16.2. The highest BCUT2D eigenvalue weighted by atomic mass is 32.2. The van der Waals surface area contributed by atoms with Gasteiger partial charge < -0.3 is 9.42 Å². The van der Waals surface area contributed by atoms with Gasteiger partial charge >= 0.3 is 0 Å². The van der Waals surface area contributed by atoms with Crippen LogP contribution >= 0.6 is 11.8 Å². The summed E-state index contributed by atoms with van der Waals surface area (Å²) in [5.74, 6) is 2.29. The van der Waals surface area contributed by atoms with E-state index in [1.807, 2.05) is 42.2 Å². The summed E-state index contributed by atoms with van der Waals surface area (Å²) < 4.78 is 5.30. The third-order valence-electron chi connectivity index (χ3n) is 5.43. The second-order valence-electron chi connectivity index (χ2n) is 7.64. The van der Waals surface area contributed by atoms with Crippen LogP contribution in [0, 0.1) is 12.8 Å². The standard InChI is InChI=1S/C24H26N2O2S/c1-18-15-21(28-25-18)17-29-23-10-6-5-9-22(23)24(27)26-13-11-20(12-14-26)16-19-7-3-2-4-8-19/h2-10,15,20H,11-14,16-17H2,1H3. The van der Waals surface area contributed by atoms with Crippen LogP contribution in [0.4, 0.5) is 0 Å². The zero-order valence-corrected chi connectivity index (χ0v) is 17.5. The van der Waals surface area contributed by atoms with Crippen LogP contribution in [0.3, 0.4) is 0 Å². The molecule has 29 heavy (non-hydrogen) atoms. The first-order chi connectivity index (χ1) is 14.2. The lowest BCUT2D eigenvalue weighted by Crippen LogP contribution is -2.39. The number of benzene rings is 2. The molecule has 0 atom stereocenters. The Morgan fingerprint density at radius 1 is 1.10 bits per heavy atom. The molecule has 0 N–H and O–H groups in total. The highest BCUT2D eigenvalue weighted by molar-refractivity contribution is 7.98. The lowest BCUT2D eigenvalue weighted by atomic mass is 9.90. The van der Waals surface area contributed by atoms with E-state index in [2.05, 4.69) is 35.5 Å². The Balaban J connectivity index is 1.36. The number of thioether (sulfide) groups is 1. The SMILES string of the molecule is Cc1cc(CSc2ccccc2C(=O)N2CCC(Cc3ccccc3)CC2)on1. The van der Waals surface area contributed by atoms with Crippen LogP contribution in [0.15, 0.2) is 70.1 Å². The predicted molar refractivity (Wildman–Crippen MR) is 116 cm³/mol. The number of piperidine rings is 1. The first-order valence-electron chi connectivity index (χ1n) is 10.2. The van der Waals surface area contributed by atoms with Gasteiger partial charge in [0.15, 0.2) is 0 Å². The van der Waals surface area contributed by atoms with Crippen LogP contribution in [0.1, 0.15) is 40.2 Å². The van der Waals surface area contributed by atoms with Crippen LogP contribution in [0.2, 0.25) is 0 Å². The Hall–Kier alpha value is -2.53. The van der Waals surface area contributed by atoms with Crippen LogP contribution < -0.4 is 0 Å². The van der Waals surface area contributed by atoms with E-state index in [1.54, 1.807) is 11.8 Å². The van der Waals surface area contributed by atoms with Crippen molar-refractivity contribution in [1.82, 2.24) is 10.1 Å². The normalized spacial score (nSPS) is 14.9. The van der Waals surface area contributed by atoms with Crippen LogP contribution in [0.5, 0.6) is 0 Å². The number of nitrogens with zero attached hydrogens (tertiary/aromatic N) is 2. The molecule has 2 heterocycles. The van der Waals surface area contributed by atoms with Gasteiger partial charge in [-0.3, -0.25) is 4.79 Å². The van der Waals surface area contributed by atoms with Crippen molar-refractivity contribution < 1.29 is 9.32 Å². The number of aromatic nitrogens is 1. The lowest BCUT2D eigenvalue weighted by Gasteiger charge is -2.32. The van der Waals surface area contributed by atoms with Crippen molar-refractivity contribution in [3.05, 3.63) is 83.2 Å². The van der Waals surface area contributed by atoms with Crippen molar-refractivity contribution in [1.29, 1.82) is 0 Å². The summed E-state index contributed by atoms with van der Waals surface area (Å²) in [6.07, 6.45) is 3.23. The number of carbonyl (C=O) groups excluding carboxylic acids is 1. The van der Waals surface area contributed by atoms with Crippen molar-refractivity contribution >= 4 is 17.7 Å². The molecule has 0 unspecified atom stereocenters. The maximum absolute atomic E-state index is 13.2. The van der Waals surface area contributed by atoms with Crippen molar-refractivity contribution in [2.75, 3.05) is 13.1 Å². The molecule has 1 saturated heterocycles. The molecule has 1 fully saturated rings. The van der Waals surface area contributed by atoms with E-state index in [0.29, 0.717) is 11.7 Å². The number of hydrogen-bond donors (Lipinski definition) is 0. The van der Waals surface area contributed by atoms with Crippen LogP contribution in [-0.4, -0.2) is 29.1 Å². The molecule has 0 aliphatic carbocycles. The van der Waals surface area contributed by atoms with E-state index >= 15 is 0 Å². The Morgan fingerprint density at radius 2 is 1.83 bits per heavy atom. The Bertz CT molecular complexity index is 946. The molecule has 150 valence electrons. The minimum absolute atomic E-state index is 0.139. The number of carbonyl (C=O) groups is 1. The second-order valence-corrected chi connectivity index (χ2v) is 8.66. The molecule has 1 aliphatic heterocycles. The second kappa shape index (κ2) is 9.31. The Morgan fingerprint density at radius 3 is 2.55 bits per heavy atom. The van der Waals surface area contributed by atoms with Gasteiger partial charge in [0.1, 0.15) is 5.76 Å². The first-order valence-corrected chi connectivity index (χ1v) is 11.1. The van der Waals surface area contributed by atoms with Gasteiger partial charge in [0.25, 0.3) is 5.91 Å². The lowest BCUT2D eigenvalue weighted by molar-refractivity contribution is 0.0687. The minimum atomic E-state index is 0.139. The maximum atomic E-state index is 13.2. The van der Waals surface area contributed by atoms with Crippen LogP contribution in [-0.2, 0) is 12.2 Å². The summed E-state index contributed by atoms with van der Waals surface area (Å²) >= 11 is 1.63. The third-order valence-corrected chi connectivity index (χ3v) is 6.53. The fraction of sp³-hybridized carbons (Fsp3) is 0.333. The van der Waals surface area contributed by atoms with Crippen molar-refractivity contribution in [2.24, 2.45) is 5.92 Å². The molecule has 1 aromatic heterocycles. The predicted octanol–water partition coefficient (Wildman–Crippen LogP) is 5.37. The molecule has 0 spiro atoms. The summed E-state index contributed by atoms with van der Waals surface area (Å²) in [5.41, 5.74) is 3.06. The van der Waals surface area contributed by atoms with E-state index in [1.165, 1.54) is 5.56 Å². The molecule has 0 bridgehead atoms. The summed E-state index contributed by atoms with van der Waals surface area (Å²) in [6, 6.07) is 20.5. The van der Waals surface area contributed by atoms with Crippen molar-refractivity contribution in [3.63, 3.8) is 0 Å². The molecule has 0 saturated carbocycles. The average molecular weight is 407 g/mol. The summed E-state index contributed by atoms with van der Waals surface area (Å²) in [7, 11) is 0. The van der Waals surface area contributed by atoms with Gasteiger partial charge in [0.2, 0.25) is 0 Å². The summed E-state index contributed by atoms with van der Waals surface area (Å²) in [5, 5.41) is 3.93. The molecule has 4 nitrogen and oxygen atoms in total. The van der Waals surface area contributed by atoms with E-state index in [9.17, 15) is 4.79 Å². The van der Waals surface area contributed by atoms with Gasteiger partial charge in [0, 0.05) is 24.1 Å². The monoisotopic (exact) mass is 406 g/mol. The number of hydrogen-bond acceptors (Lipinski definition) is 4. The van der Waals surface area contributed by atoms with Gasteiger partial charge in [-0.15, -0.1) is 11.8 Å². The Kier molecular flexibility index (Phi) is 6.35. The molecule has 3 aromatic rings. The number of aryl methyl sites for hydroxylation is 1. The van der Waals surface area contributed by atoms with Gasteiger partial charge in [-0.05, 0) is 49.8 Å². The third kappa shape index (κ3) is 5.10. The smallest absolute Gasteiger partial charge is 0.254 e. The van der Waals surface area contributed by atoms with Gasteiger partial charge in [0.05, 0.1) is 17.0 Å². The largest absolute Gasteiger partial charge is 0.360 e. The topological polar surface area (TPSA) is 46.3 Å². The zero-order valence-electron chi connectivity index (χ0n) is 16.7. The van der Waals surface area contributed by atoms with Crippen molar-refractivity contribution in [3.8, 4) is 0 Å². The van der Waals surface area contributed by atoms with Crippen molar-refractivity contribution in [2.45, 2.75) is 36.8 Å². The fourth-order valence-corrected chi connectivity index (χ4v) is 4.78. The quantitative estimate of drug-likeness (QED) is 0.516. The van der Waals surface area contributed by atoms with E-state index < -0.39 is 0 Å². The Labute approximate surface area is 176 Å². The van der Waals surface area contributed by atoms with E-state index in [4.69, 9.17) is 4.52 Å². The average Bonchev–Trinajstić information content (AvgIpc) is 3.18. The molecule has 1 aliphatic rings. The van der Waals surface area contributed by atoms with Gasteiger partial charge in [-0.2, -0.15) is 0 Å². The molecular weight excluding hydrogens is 380 g/mol. The molecular formula is C24H26N2O2S. The number of rotatable bonds is 6. The summed E-state index contributed by atoms with van der Waals surface area (Å²) in [6.45, 7) is 3.57. The molecule has 2 aromatic carbocycles. The van der Waals surface area contributed by atoms with Gasteiger partial charge in [-0.1, -0.05) is 47.6 Å². The molecule has 5 heteroatoms. The van der Waals surface area contributed by atoms with Gasteiger partial charge in [-0.25, -0.2) is 0 Å². The number of amides is 1. The minimum Gasteiger partial charge on any atom is -0.360 e. The molecule has 1 amide bonds. The number of likely N-dealkylation sites (tertiary alicyclic amines) is 1.